The zero-order valence-corrected chi connectivity index (χ0v) is 17.2. The van der Waals surface area contributed by atoms with E-state index in [2.05, 4.69) is 5.16 Å². The quantitative estimate of drug-likeness (QED) is 0.546. The molecule has 1 atom stereocenters. The Labute approximate surface area is 177 Å². The van der Waals surface area contributed by atoms with Crippen LogP contribution in [0.2, 0.25) is 0 Å². The number of carbonyl (C=O) groups is 1. The van der Waals surface area contributed by atoms with Gasteiger partial charge < -0.3 is 9.74 Å². The first-order valence-corrected chi connectivity index (χ1v) is 10.4. The minimum Gasteiger partial charge on any atom is -0.390 e. The minimum absolute atomic E-state index is 0.0164. The third-order valence-electron chi connectivity index (χ3n) is 4.94. The molecule has 0 unspecified atom stereocenters. The van der Waals surface area contributed by atoms with Gasteiger partial charge in [0.15, 0.2) is 6.10 Å². The summed E-state index contributed by atoms with van der Waals surface area (Å²) in [5.74, 6) is -1.55. The summed E-state index contributed by atoms with van der Waals surface area (Å²) < 4.78 is 27.5. The Bertz CT molecular complexity index is 1070. The van der Waals surface area contributed by atoms with Gasteiger partial charge in [0.25, 0.3) is 5.91 Å². The first-order valence-electron chi connectivity index (χ1n) is 9.56. The number of hydrogen-bond acceptors (Lipinski definition) is 4. The first kappa shape index (κ1) is 20.2. The Balaban J connectivity index is 1.50. The smallest absolute Gasteiger partial charge is 0.264 e. The summed E-state index contributed by atoms with van der Waals surface area (Å²) in [6.07, 6.45) is 0.206. The maximum Gasteiger partial charge on any atom is 0.264 e. The molecule has 0 N–H and O–H groups in total. The lowest BCUT2D eigenvalue weighted by Crippen LogP contribution is -2.37. The summed E-state index contributed by atoms with van der Waals surface area (Å²) in [5.41, 5.74) is 3.20. The van der Waals surface area contributed by atoms with Gasteiger partial charge >= 0.3 is 0 Å². The maximum absolute atomic E-state index is 14.2. The maximum atomic E-state index is 14.2. The normalized spacial score (nSPS) is 15.6. The molecule has 1 amide bonds. The van der Waals surface area contributed by atoms with Gasteiger partial charge in [-0.15, -0.1) is 11.3 Å². The van der Waals surface area contributed by atoms with Gasteiger partial charge in [-0.2, -0.15) is 0 Å². The molecule has 0 aliphatic carbocycles. The van der Waals surface area contributed by atoms with E-state index in [1.54, 1.807) is 12.1 Å². The summed E-state index contributed by atoms with van der Waals surface area (Å²) in [4.78, 5) is 20.7. The summed E-state index contributed by atoms with van der Waals surface area (Å²) in [7, 11) is 0. The third-order valence-corrected chi connectivity index (χ3v) is 5.80. The predicted octanol–water partition coefficient (Wildman–Crippen LogP) is 5.17. The fraction of sp³-hybridized carbons (Fsp3) is 0.217. The molecule has 0 spiro atoms. The van der Waals surface area contributed by atoms with Crippen molar-refractivity contribution in [1.82, 2.24) is 4.90 Å². The average molecular weight is 426 g/mol. The van der Waals surface area contributed by atoms with Crippen LogP contribution in [0, 0.1) is 18.6 Å². The van der Waals surface area contributed by atoms with E-state index in [1.807, 2.05) is 36.6 Å². The number of amides is 1. The van der Waals surface area contributed by atoms with Crippen molar-refractivity contribution in [3.8, 4) is 0 Å². The third kappa shape index (κ3) is 4.57. The summed E-state index contributed by atoms with van der Waals surface area (Å²) in [6, 6.07) is 14.9. The molecule has 4 rings (SSSR count). The highest BCUT2D eigenvalue weighted by atomic mass is 32.1. The highest BCUT2D eigenvalue weighted by Crippen LogP contribution is 2.22. The molecule has 7 heteroatoms. The van der Waals surface area contributed by atoms with Crippen molar-refractivity contribution in [2.75, 3.05) is 6.54 Å². The number of thiophene rings is 1. The van der Waals surface area contributed by atoms with Crippen LogP contribution in [-0.4, -0.2) is 29.2 Å². The number of rotatable bonds is 6. The minimum atomic E-state index is -0.678. The highest BCUT2D eigenvalue weighted by Gasteiger charge is 2.28. The lowest BCUT2D eigenvalue weighted by Gasteiger charge is -2.24. The Morgan fingerprint density at radius 1 is 1.20 bits per heavy atom. The van der Waals surface area contributed by atoms with E-state index in [4.69, 9.17) is 4.84 Å². The van der Waals surface area contributed by atoms with E-state index in [9.17, 15) is 13.6 Å². The molecular formula is C23H20F2N2O2S. The van der Waals surface area contributed by atoms with Crippen molar-refractivity contribution in [3.05, 3.63) is 93.2 Å². The number of aryl methyl sites for hydroxylation is 1. The molecule has 1 aliphatic rings. The van der Waals surface area contributed by atoms with Crippen LogP contribution in [0.4, 0.5) is 8.78 Å². The van der Waals surface area contributed by atoms with E-state index in [0.29, 0.717) is 11.3 Å². The van der Waals surface area contributed by atoms with Gasteiger partial charge in [-0.1, -0.05) is 47.1 Å². The Morgan fingerprint density at radius 2 is 2.00 bits per heavy atom. The van der Waals surface area contributed by atoms with Crippen LogP contribution in [-0.2, 0) is 11.4 Å². The number of halogens is 2. The van der Waals surface area contributed by atoms with Crippen molar-refractivity contribution < 1.29 is 18.4 Å². The summed E-state index contributed by atoms with van der Waals surface area (Å²) in [6.45, 7) is 2.27. The number of carbonyl (C=O) groups excluding carboxylic acids is 1. The van der Waals surface area contributed by atoms with E-state index in [0.717, 1.165) is 22.9 Å². The molecule has 30 heavy (non-hydrogen) atoms. The van der Waals surface area contributed by atoms with Crippen LogP contribution in [0.1, 0.15) is 32.8 Å². The molecule has 2 aromatic carbocycles. The van der Waals surface area contributed by atoms with Gasteiger partial charge in [0.2, 0.25) is 0 Å². The van der Waals surface area contributed by atoms with E-state index in [-0.39, 0.29) is 30.7 Å². The zero-order chi connectivity index (χ0) is 21.1. The van der Waals surface area contributed by atoms with E-state index >= 15 is 0 Å². The van der Waals surface area contributed by atoms with Crippen molar-refractivity contribution in [2.45, 2.75) is 26.0 Å². The number of hydrogen-bond donors (Lipinski definition) is 0. The molecule has 0 radical (unpaired) electrons. The largest absolute Gasteiger partial charge is 0.390 e. The monoisotopic (exact) mass is 426 g/mol. The zero-order valence-electron chi connectivity index (χ0n) is 16.3. The van der Waals surface area contributed by atoms with Crippen LogP contribution in [0.5, 0.6) is 0 Å². The second-order valence-electron chi connectivity index (χ2n) is 7.23. The topological polar surface area (TPSA) is 41.9 Å². The van der Waals surface area contributed by atoms with Gasteiger partial charge in [0.1, 0.15) is 11.6 Å². The molecule has 2 heterocycles. The van der Waals surface area contributed by atoms with Gasteiger partial charge in [0.05, 0.1) is 17.1 Å². The number of oxime groups is 1. The fourth-order valence-corrected chi connectivity index (χ4v) is 4.01. The Morgan fingerprint density at radius 3 is 2.70 bits per heavy atom. The van der Waals surface area contributed by atoms with Crippen molar-refractivity contribution >= 4 is 23.0 Å². The standard InChI is InChI=1S/C23H20F2N2O2S/c1-15-4-6-16(7-5-15)21-12-19(29-26-21)14-27(23(28)22-3-2-10-30-22)13-17-8-9-18(24)11-20(17)25/h2-11,19H,12-14H2,1H3/t19-/m0/s1. The van der Waals surface area contributed by atoms with Crippen LogP contribution in [0.25, 0.3) is 0 Å². The molecule has 0 saturated heterocycles. The second kappa shape index (κ2) is 8.75. The van der Waals surface area contributed by atoms with E-state index in [1.165, 1.54) is 28.4 Å². The summed E-state index contributed by atoms with van der Waals surface area (Å²) >= 11 is 1.32. The number of benzene rings is 2. The molecule has 1 aliphatic heterocycles. The van der Waals surface area contributed by atoms with Gasteiger partial charge in [0, 0.05) is 24.6 Å². The lowest BCUT2D eigenvalue weighted by molar-refractivity contribution is 0.0406. The Kier molecular flexibility index (Phi) is 5.90. The van der Waals surface area contributed by atoms with E-state index < -0.39 is 11.6 Å². The molecular weight excluding hydrogens is 406 g/mol. The predicted molar refractivity (Wildman–Crippen MR) is 113 cm³/mol. The van der Waals surface area contributed by atoms with Crippen LogP contribution < -0.4 is 0 Å². The second-order valence-corrected chi connectivity index (χ2v) is 8.18. The molecule has 4 nitrogen and oxygen atoms in total. The van der Waals surface area contributed by atoms with Crippen LogP contribution in [0.15, 0.2) is 65.1 Å². The summed E-state index contributed by atoms with van der Waals surface area (Å²) in [5, 5.41) is 6.00. The average Bonchev–Trinajstić information content (AvgIpc) is 3.42. The number of nitrogens with zero attached hydrogens (tertiary/aromatic N) is 2. The highest BCUT2D eigenvalue weighted by molar-refractivity contribution is 7.12. The molecule has 1 aromatic heterocycles. The first-order chi connectivity index (χ1) is 14.5. The molecule has 3 aromatic rings. The van der Waals surface area contributed by atoms with Crippen molar-refractivity contribution in [2.24, 2.45) is 5.16 Å². The fourth-order valence-electron chi connectivity index (χ4n) is 3.32. The van der Waals surface area contributed by atoms with Gasteiger partial charge in [-0.3, -0.25) is 4.79 Å². The SMILES string of the molecule is Cc1ccc(C2=NO[C@H](CN(Cc3ccc(F)cc3F)C(=O)c3cccs3)C2)cc1. The van der Waals surface area contributed by atoms with Crippen molar-refractivity contribution in [3.63, 3.8) is 0 Å². The molecule has 154 valence electrons. The van der Waals surface area contributed by atoms with Crippen molar-refractivity contribution in [1.29, 1.82) is 0 Å². The Hall–Kier alpha value is -3.06. The molecule has 0 bridgehead atoms. The lowest BCUT2D eigenvalue weighted by atomic mass is 10.0. The van der Waals surface area contributed by atoms with Gasteiger partial charge in [-0.05, 0) is 30.0 Å². The van der Waals surface area contributed by atoms with Crippen LogP contribution >= 0.6 is 11.3 Å². The molecule has 0 saturated carbocycles. The molecule has 0 fully saturated rings. The van der Waals surface area contributed by atoms with Gasteiger partial charge in [-0.25, -0.2) is 8.78 Å². The van der Waals surface area contributed by atoms with Crippen LogP contribution in [0.3, 0.4) is 0 Å².